The first-order valence-corrected chi connectivity index (χ1v) is 5.79. The van der Waals surface area contributed by atoms with Gasteiger partial charge in [0.2, 0.25) is 0 Å². The van der Waals surface area contributed by atoms with Gasteiger partial charge in [-0.25, -0.2) is 0 Å². The lowest BCUT2D eigenvalue weighted by Crippen LogP contribution is -2.40. The molecule has 0 atom stereocenters. The summed E-state index contributed by atoms with van der Waals surface area (Å²) in [5.41, 5.74) is 1.15. The number of aryl methyl sites for hydroxylation is 1. The molecule has 1 N–H and O–H groups in total. The molecule has 0 bridgehead atoms. The van der Waals surface area contributed by atoms with Gasteiger partial charge in [-0.15, -0.1) is 0 Å². The number of nitrogens with one attached hydrogen (secondary N) is 1. The molecule has 0 saturated carbocycles. The van der Waals surface area contributed by atoms with Gasteiger partial charge < -0.3 is 10.1 Å². The molecule has 0 radical (unpaired) electrons. The van der Waals surface area contributed by atoms with Crippen molar-refractivity contribution in [1.82, 2.24) is 5.32 Å². The quantitative estimate of drug-likeness (QED) is 0.882. The Kier molecular flexibility index (Phi) is 4.04. The summed E-state index contributed by atoms with van der Waals surface area (Å²) < 4.78 is 5.10. The van der Waals surface area contributed by atoms with Crippen LogP contribution >= 0.6 is 11.6 Å². The fraction of sp³-hybridized carbons (Fsp3) is 0.462. The third-order valence-electron chi connectivity index (χ3n) is 2.23. The van der Waals surface area contributed by atoms with E-state index in [0.717, 1.165) is 5.56 Å². The first-order valence-electron chi connectivity index (χ1n) is 5.41. The zero-order chi connectivity index (χ0) is 13.2. The molecule has 94 valence electrons. The Morgan fingerprint density at radius 1 is 1.35 bits per heavy atom. The maximum absolute atomic E-state index is 12.0. The Bertz CT molecular complexity index is 436. The number of benzene rings is 1. The second-order valence-electron chi connectivity index (χ2n) is 5.01. The van der Waals surface area contributed by atoms with Gasteiger partial charge in [-0.1, -0.05) is 11.6 Å². The Balaban J connectivity index is 3.07. The van der Waals surface area contributed by atoms with Crippen molar-refractivity contribution in [3.63, 3.8) is 0 Å². The van der Waals surface area contributed by atoms with Gasteiger partial charge in [-0.3, -0.25) is 4.79 Å². The Hall–Kier alpha value is -1.22. The van der Waals surface area contributed by atoms with Crippen LogP contribution in [0.15, 0.2) is 12.1 Å². The second kappa shape index (κ2) is 4.96. The van der Waals surface area contributed by atoms with Crippen molar-refractivity contribution in [2.75, 3.05) is 7.11 Å². The highest BCUT2D eigenvalue weighted by Crippen LogP contribution is 2.27. The lowest BCUT2D eigenvalue weighted by molar-refractivity contribution is 0.0919. The van der Waals surface area contributed by atoms with Crippen LogP contribution in [0, 0.1) is 6.92 Å². The van der Waals surface area contributed by atoms with Gasteiger partial charge in [0.05, 0.1) is 12.1 Å². The smallest absolute Gasteiger partial charge is 0.252 e. The van der Waals surface area contributed by atoms with Crippen LogP contribution < -0.4 is 10.1 Å². The molecule has 0 saturated heterocycles. The Labute approximate surface area is 107 Å². The summed E-state index contributed by atoms with van der Waals surface area (Å²) in [5, 5.41) is 3.34. The molecule has 0 aliphatic carbocycles. The third-order valence-corrected chi connectivity index (χ3v) is 2.53. The van der Waals surface area contributed by atoms with Gasteiger partial charge in [0, 0.05) is 11.1 Å². The van der Waals surface area contributed by atoms with E-state index < -0.39 is 0 Å². The van der Waals surface area contributed by atoms with Crippen molar-refractivity contribution in [1.29, 1.82) is 0 Å². The summed E-state index contributed by atoms with van der Waals surface area (Å²) in [4.78, 5) is 12.0. The fourth-order valence-electron chi connectivity index (χ4n) is 1.46. The van der Waals surface area contributed by atoms with Crippen molar-refractivity contribution in [3.8, 4) is 5.75 Å². The van der Waals surface area contributed by atoms with Crippen molar-refractivity contribution in [2.45, 2.75) is 33.2 Å². The summed E-state index contributed by atoms with van der Waals surface area (Å²) >= 11 is 6.01. The molecule has 1 aromatic rings. The van der Waals surface area contributed by atoms with Crippen LogP contribution in [0.2, 0.25) is 5.02 Å². The predicted molar refractivity (Wildman–Crippen MR) is 70.0 cm³/mol. The SMILES string of the molecule is COc1cc(C)c(C(=O)NC(C)(C)C)cc1Cl. The maximum atomic E-state index is 12.0. The summed E-state index contributed by atoms with van der Waals surface area (Å²) in [7, 11) is 1.55. The molecule has 0 unspecified atom stereocenters. The molecule has 0 aromatic heterocycles. The normalized spacial score (nSPS) is 11.2. The van der Waals surface area contributed by atoms with Crippen LogP contribution in [0.1, 0.15) is 36.7 Å². The molecule has 0 spiro atoms. The molecule has 0 heterocycles. The van der Waals surface area contributed by atoms with Gasteiger partial charge in [-0.2, -0.15) is 0 Å². The zero-order valence-electron chi connectivity index (χ0n) is 10.8. The lowest BCUT2D eigenvalue weighted by atomic mass is 10.0. The number of hydrogen-bond donors (Lipinski definition) is 1. The van der Waals surface area contributed by atoms with E-state index in [4.69, 9.17) is 16.3 Å². The van der Waals surface area contributed by atoms with E-state index in [9.17, 15) is 4.79 Å². The molecule has 1 rings (SSSR count). The highest BCUT2D eigenvalue weighted by atomic mass is 35.5. The minimum absolute atomic E-state index is 0.125. The molecule has 0 aliphatic heterocycles. The van der Waals surface area contributed by atoms with Crippen LogP contribution in [-0.4, -0.2) is 18.6 Å². The molecular weight excluding hydrogens is 238 g/mol. The van der Waals surface area contributed by atoms with Gasteiger partial charge >= 0.3 is 0 Å². The van der Waals surface area contributed by atoms with Gasteiger partial charge in [-0.05, 0) is 45.4 Å². The minimum atomic E-state index is -0.268. The average molecular weight is 256 g/mol. The van der Waals surface area contributed by atoms with E-state index in [1.165, 1.54) is 0 Å². The molecule has 0 fully saturated rings. The van der Waals surface area contributed by atoms with E-state index in [1.807, 2.05) is 27.7 Å². The summed E-state index contributed by atoms with van der Waals surface area (Å²) in [5.74, 6) is 0.455. The molecular formula is C13H18ClNO2. The number of rotatable bonds is 2. The van der Waals surface area contributed by atoms with Crippen LogP contribution in [0.3, 0.4) is 0 Å². The van der Waals surface area contributed by atoms with Crippen LogP contribution in [0.4, 0.5) is 0 Å². The molecule has 4 heteroatoms. The third kappa shape index (κ3) is 3.63. The molecule has 0 aliphatic rings. The van der Waals surface area contributed by atoms with E-state index in [2.05, 4.69) is 5.32 Å². The van der Waals surface area contributed by atoms with Crippen LogP contribution in [0.5, 0.6) is 5.75 Å². The zero-order valence-corrected chi connectivity index (χ0v) is 11.6. The number of carbonyl (C=O) groups excluding carboxylic acids is 1. The van der Waals surface area contributed by atoms with Crippen LogP contribution in [0.25, 0.3) is 0 Å². The summed E-state index contributed by atoms with van der Waals surface area (Å²) in [6, 6.07) is 3.40. The number of halogens is 1. The molecule has 1 amide bonds. The van der Waals surface area contributed by atoms with E-state index in [0.29, 0.717) is 16.3 Å². The number of amides is 1. The number of methoxy groups -OCH3 is 1. The lowest BCUT2D eigenvalue weighted by Gasteiger charge is -2.21. The van der Waals surface area contributed by atoms with Gasteiger partial charge in [0.1, 0.15) is 5.75 Å². The van der Waals surface area contributed by atoms with E-state index in [-0.39, 0.29) is 11.4 Å². The monoisotopic (exact) mass is 255 g/mol. The van der Waals surface area contributed by atoms with Crippen molar-refractivity contribution < 1.29 is 9.53 Å². The molecule has 17 heavy (non-hydrogen) atoms. The highest BCUT2D eigenvalue weighted by molar-refractivity contribution is 6.32. The van der Waals surface area contributed by atoms with E-state index in [1.54, 1.807) is 19.2 Å². The highest BCUT2D eigenvalue weighted by Gasteiger charge is 2.18. The Morgan fingerprint density at radius 2 is 1.94 bits per heavy atom. The molecule has 3 nitrogen and oxygen atoms in total. The van der Waals surface area contributed by atoms with Crippen LogP contribution in [-0.2, 0) is 0 Å². The average Bonchev–Trinajstić information content (AvgIpc) is 2.18. The van der Waals surface area contributed by atoms with Gasteiger partial charge in [0.25, 0.3) is 5.91 Å². The fourth-order valence-corrected chi connectivity index (χ4v) is 1.70. The van der Waals surface area contributed by atoms with E-state index >= 15 is 0 Å². The predicted octanol–water partition coefficient (Wildman–Crippen LogP) is 3.19. The molecule has 1 aromatic carbocycles. The number of hydrogen-bond acceptors (Lipinski definition) is 2. The summed E-state index contributed by atoms with van der Waals surface area (Å²) in [6.07, 6.45) is 0. The Morgan fingerprint density at radius 3 is 2.41 bits per heavy atom. The van der Waals surface area contributed by atoms with Crippen molar-refractivity contribution in [3.05, 3.63) is 28.3 Å². The standard InChI is InChI=1S/C13H18ClNO2/c1-8-6-11(17-5)10(14)7-9(8)12(16)15-13(2,3)4/h6-7H,1-5H3,(H,15,16). The van der Waals surface area contributed by atoms with Crippen molar-refractivity contribution in [2.24, 2.45) is 0 Å². The summed E-state index contributed by atoms with van der Waals surface area (Å²) in [6.45, 7) is 7.67. The minimum Gasteiger partial charge on any atom is -0.495 e. The largest absolute Gasteiger partial charge is 0.495 e. The maximum Gasteiger partial charge on any atom is 0.252 e. The first-order chi connectivity index (χ1) is 7.74. The van der Waals surface area contributed by atoms with Gasteiger partial charge in [0.15, 0.2) is 0 Å². The second-order valence-corrected chi connectivity index (χ2v) is 5.41. The first kappa shape index (κ1) is 13.8. The van der Waals surface area contributed by atoms with Crippen molar-refractivity contribution >= 4 is 17.5 Å². The topological polar surface area (TPSA) is 38.3 Å². The number of carbonyl (C=O) groups is 1. The number of ether oxygens (including phenoxy) is 1.